The normalized spacial score (nSPS) is 15.4. The third-order valence-corrected chi connectivity index (χ3v) is 13.8. The number of pyridine rings is 1. The number of piperazine rings is 1. The number of nitrogens with zero attached hydrogens (tertiary/aromatic N) is 6. The highest BCUT2D eigenvalue weighted by molar-refractivity contribution is 6.32. The molecule has 1 amide bonds. The van der Waals surface area contributed by atoms with E-state index in [1.54, 1.807) is 53.7 Å². The first-order valence-corrected chi connectivity index (χ1v) is 25.7. The van der Waals surface area contributed by atoms with Gasteiger partial charge in [-0.15, -0.1) is 0 Å². The molecule has 1 fully saturated rings. The fourth-order valence-electron chi connectivity index (χ4n) is 9.71. The summed E-state index contributed by atoms with van der Waals surface area (Å²) in [5, 5.41) is 1.49. The number of methoxy groups -OCH3 is 2. The minimum Gasteiger partial charge on any atom is -0.496 e. The van der Waals surface area contributed by atoms with Gasteiger partial charge in [0.1, 0.15) is 28.9 Å². The van der Waals surface area contributed by atoms with Crippen LogP contribution in [0.25, 0.3) is 11.3 Å². The van der Waals surface area contributed by atoms with Gasteiger partial charge in [-0.2, -0.15) is 0 Å². The maximum atomic E-state index is 15.4. The molecule has 0 saturated carbocycles. The minimum atomic E-state index is -0.470. The Morgan fingerprint density at radius 3 is 2.28 bits per heavy atom. The zero-order chi connectivity index (χ0) is 52.7. The Balaban J connectivity index is 0.827. The molecule has 1 unspecified atom stereocenters. The number of rotatable bonds is 19. The maximum absolute atomic E-state index is 15.4. The van der Waals surface area contributed by atoms with E-state index in [1.807, 2.05) is 42.5 Å². The lowest BCUT2D eigenvalue weighted by atomic mass is 9.84. The van der Waals surface area contributed by atoms with Gasteiger partial charge in [0.2, 0.25) is 5.91 Å². The number of ether oxygens (including phenoxy) is 3. The van der Waals surface area contributed by atoms with Crippen molar-refractivity contribution in [2.24, 2.45) is 10.4 Å². The van der Waals surface area contributed by atoms with Gasteiger partial charge in [0.15, 0.2) is 11.6 Å². The third-order valence-electron chi connectivity index (χ3n) is 13.1. The molecule has 0 spiro atoms. The van der Waals surface area contributed by atoms with Gasteiger partial charge < -0.3 is 29.7 Å². The van der Waals surface area contributed by atoms with E-state index in [4.69, 9.17) is 64.7 Å². The van der Waals surface area contributed by atoms with Crippen molar-refractivity contribution >= 4 is 69.5 Å². The number of nitrogens with two attached hydrogens (primary N) is 1. The average molecular weight is 1060 g/mol. The fourth-order valence-corrected chi connectivity index (χ4v) is 10.2. The van der Waals surface area contributed by atoms with Gasteiger partial charge in [-0.1, -0.05) is 85.9 Å². The van der Waals surface area contributed by atoms with Crippen LogP contribution in [0.3, 0.4) is 0 Å². The maximum Gasteiger partial charge on any atom is 0.230 e. The SMILES string of the molecule is COc1cc(Cc2ncc3c(n2)-c2ccc(Cl)cc2C(c2c(F)cccc2OC)=NC3)ccc1C(=O)CCCOCCCC(=O)CC(=O)N1CC(c2ccc(Cl)cc2)N(c2ncc(Cl)cc2N)[C@@H](CC(C)(C)C)C1. The van der Waals surface area contributed by atoms with E-state index < -0.39 is 5.82 Å². The molecule has 2 N–H and O–H groups in total. The van der Waals surface area contributed by atoms with Gasteiger partial charge in [-0.05, 0) is 90.4 Å². The molecule has 1 saturated heterocycles. The van der Waals surface area contributed by atoms with Crippen LogP contribution in [0.15, 0.2) is 102 Å². The van der Waals surface area contributed by atoms with Crippen LogP contribution in [-0.2, 0) is 27.3 Å². The second-order valence-electron chi connectivity index (χ2n) is 19.8. The van der Waals surface area contributed by atoms with Crippen molar-refractivity contribution < 1.29 is 33.0 Å². The number of aliphatic imine (C=N–C) groups is 1. The number of hydrogen-bond acceptors (Lipinski definition) is 12. The van der Waals surface area contributed by atoms with Crippen LogP contribution in [0.5, 0.6) is 11.5 Å². The Morgan fingerprint density at radius 1 is 0.811 bits per heavy atom. The topological polar surface area (TPSA) is 162 Å². The largest absolute Gasteiger partial charge is 0.496 e. The van der Waals surface area contributed by atoms with Gasteiger partial charge in [0.25, 0.3) is 0 Å². The molecule has 386 valence electrons. The van der Waals surface area contributed by atoms with Crippen LogP contribution in [0.4, 0.5) is 15.9 Å². The molecule has 2 aliphatic rings. The molecule has 0 radical (unpaired) electrons. The molecule has 4 aromatic carbocycles. The molecule has 74 heavy (non-hydrogen) atoms. The van der Waals surface area contributed by atoms with E-state index in [0.29, 0.717) is 112 Å². The van der Waals surface area contributed by atoms with Crippen LogP contribution in [0.1, 0.15) is 109 Å². The van der Waals surface area contributed by atoms with Crippen molar-refractivity contribution in [1.29, 1.82) is 0 Å². The van der Waals surface area contributed by atoms with E-state index in [1.165, 1.54) is 20.3 Å². The van der Waals surface area contributed by atoms with Crippen LogP contribution >= 0.6 is 34.8 Å². The molecule has 0 aliphatic carbocycles. The van der Waals surface area contributed by atoms with Gasteiger partial charge in [0.05, 0.1) is 66.5 Å². The molecule has 2 atom stereocenters. The van der Waals surface area contributed by atoms with Crippen molar-refractivity contribution in [2.75, 3.05) is 51.2 Å². The monoisotopic (exact) mass is 1060 g/mol. The molecule has 13 nitrogen and oxygen atoms in total. The Hall–Kier alpha value is -6.45. The number of amides is 1. The van der Waals surface area contributed by atoms with Crippen molar-refractivity contribution in [2.45, 2.75) is 84.3 Å². The zero-order valence-corrected chi connectivity index (χ0v) is 44.4. The number of Topliss-reactive ketones (excluding diaryl/α,β-unsaturated/α-hetero) is 2. The summed E-state index contributed by atoms with van der Waals surface area (Å²) in [6, 6.07) is 24.2. The van der Waals surface area contributed by atoms with Gasteiger partial charge in [-0.25, -0.2) is 19.3 Å². The summed E-state index contributed by atoms with van der Waals surface area (Å²) >= 11 is 19.0. The molecule has 2 aliphatic heterocycles. The number of anilines is 2. The fraction of sp³-hybridized carbons (Fsp3) is 0.351. The highest BCUT2D eigenvalue weighted by Crippen LogP contribution is 2.41. The average Bonchev–Trinajstić information content (AvgIpc) is 3.51. The lowest BCUT2D eigenvalue weighted by Gasteiger charge is -2.49. The van der Waals surface area contributed by atoms with Gasteiger partial charge in [0, 0.05) is 90.7 Å². The Bertz CT molecular complexity index is 3080. The third kappa shape index (κ3) is 12.9. The molecular formula is C57H59Cl3FN7O6. The number of fused-ring (bicyclic) bond motifs is 3. The van der Waals surface area contributed by atoms with Gasteiger partial charge >= 0.3 is 0 Å². The Kier molecular flexibility index (Phi) is 17.3. The Labute approximate surface area is 446 Å². The summed E-state index contributed by atoms with van der Waals surface area (Å²) in [6.45, 7) is 8.01. The lowest BCUT2D eigenvalue weighted by molar-refractivity contribution is -0.136. The number of halogens is 4. The summed E-state index contributed by atoms with van der Waals surface area (Å²) in [6.07, 6.45) is 5.48. The zero-order valence-electron chi connectivity index (χ0n) is 42.1. The summed E-state index contributed by atoms with van der Waals surface area (Å²) < 4.78 is 32.4. The minimum absolute atomic E-state index is 0.0960. The molecule has 6 aromatic rings. The highest BCUT2D eigenvalue weighted by Gasteiger charge is 2.40. The second kappa shape index (κ2) is 23.8. The smallest absolute Gasteiger partial charge is 0.230 e. The molecule has 4 heterocycles. The number of hydrogen-bond donors (Lipinski definition) is 1. The van der Waals surface area contributed by atoms with Crippen molar-refractivity contribution in [3.8, 4) is 22.8 Å². The highest BCUT2D eigenvalue weighted by atomic mass is 35.5. The first-order valence-electron chi connectivity index (χ1n) is 24.5. The summed E-state index contributed by atoms with van der Waals surface area (Å²) in [5.41, 5.74) is 12.5. The van der Waals surface area contributed by atoms with Crippen LogP contribution in [0.2, 0.25) is 15.1 Å². The number of carbonyl (C=O) groups excluding carboxylic acids is 3. The van der Waals surface area contributed by atoms with Crippen LogP contribution in [-0.4, -0.2) is 89.6 Å². The predicted octanol–water partition coefficient (Wildman–Crippen LogP) is 11.8. The number of benzene rings is 4. The van der Waals surface area contributed by atoms with E-state index >= 15 is 4.39 Å². The van der Waals surface area contributed by atoms with E-state index in [-0.39, 0.29) is 66.3 Å². The summed E-state index contributed by atoms with van der Waals surface area (Å²) in [7, 11) is 3.01. The molecule has 17 heteroatoms. The Morgan fingerprint density at radius 2 is 1.55 bits per heavy atom. The van der Waals surface area contributed by atoms with Gasteiger partial charge in [-0.3, -0.25) is 19.4 Å². The quantitative estimate of drug-likeness (QED) is 0.0467. The predicted molar refractivity (Wildman–Crippen MR) is 289 cm³/mol. The first-order chi connectivity index (χ1) is 35.5. The standard InChI is InChI=1S/C57H59Cl3FN7O6/c1-57(2,3)28-40-32-67(33-47(35-14-16-37(58)17-15-35)68(40)56-46(62)26-39(60)31-65-56)52(71)27-41(69)9-7-21-74-22-8-11-48(70)43-19-13-34(23-50(43)73-5)24-51-63-29-36-30-64-55(53-45(61)10-6-12-49(53)72-4)44-25-38(59)18-20-42(44)54(36)66-51/h6,10,12-20,23,25-26,29,31,40,47H,7-9,11,21-22,24,27-28,30,32-33,62H2,1-5H3/t40-,47?/m0/s1. The van der Waals surface area contributed by atoms with E-state index in [9.17, 15) is 14.4 Å². The number of ketones is 2. The van der Waals surface area contributed by atoms with E-state index in [0.717, 1.165) is 28.7 Å². The van der Waals surface area contributed by atoms with Crippen LogP contribution in [0, 0.1) is 11.2 Å². The van der Waals surface area contributed by atoms with Crippen molar-refractivity contribution in [3.63, 3.8) is 0 Å². The first kappa shape index (κ1) is 53.8. The number of aromatic nitrogens is 3. The molecule has 8 rings (SSSR count). The van der Waals surface area contributed by atoms with Crippen molar-refractivity contribution in [1.82, 2.24) is 19.9 Å². The number of nitrogen functional groups attached to an aromatic ring is 1. The second-order valence-corrected chi connectivity index (χ2v) is 21.1. The molecule has 0 bridgehead atoms. The lowest BCUT2D eigenvalue weighted by Crippen LogP contribution is -2.57. The van der Waals surface area contributed by atoms with Crippen LogP contribution < -0.4 is 20.1 Å². The van der Waals surface area contributed by atoms with Crippen molar-refractivity contribution in [3.05, 3.63) is 157 Å². The number of carbonyl (C=O) groups is 3. The molecular weight excluding hydrogens is 1000 g/mol. The summed E-state index contributed by atoms with van der Waals surface area (Å²) in [5.74, 6) is 0.941. The summed E-state index contributed by atoms with van der Waals surface area (Å²) in [4.78, 5) is 63.7. The molecule has 2 aromatic heterocycles. The van der Waals surface area contributed by atoms with E-state index in [2.05, 4.69) is 35.6 Å².